The highest BCUT2D eigenvalue weighted by molar-refractivity contribution is 8.15. The van der Waals surface area contributed by atoms with Crippen molar-refractivity contribution in [1.29, 1.82) is 0 Å². The molecule has 2 rings (SSSR count). The first-order valence-electron chi connectivity index (χ1n) is 3.96. The molecule has 0 spiro atoms. The number of thioether (sulfide) groups is 1. The third-order valence-corrected chi connectivity index (χ3v) is 3.33. The van der Waals surface area contributed by atoms with Crippen molar-refractivity contribution in [2.45, 2.75) is 11.8 Å². The number of hydrogen-bond donors (Lipinski definition) is 1. The van der Waals surface area contributed by atoms with E-state index in [1.54, 1.807) is 23.7 Å². The fourth-order valence-electron chi connectivity index (χ4n) is 1.11. The number of benzene rings is 1. The van der Waals surface area contributed by atoms with Crippen LogP contribution in [-0.2, 0) is 0 Å². The number of nitrogens with one attached hydrogen (secondary N) is 1. The minimum Gasteiger partial charge on any atom is -0.305 e. The van der Waals surface area contributed by atoms with Crippen LogP contribution in [0.15, 0.2) is 28.1 Å². The van der Waals surface area contributed by atoms with Gasteiger partial charge in [0.25, 0.3) is 0 Å². The average molecular weight is 210 g/mol. The van der Waals surface area contributed by atoms with Gasteiger partial charge in [-0.3, -0.25) is 0 Å². The molecule has 4 heteroatoms. The molecule has 2 nitrogen and oxygen atoms in total. The van der Waals surface area contributed by atoms with Crippen LogP contribution < -0.4 is 4.72 Å². The number of hydrogen-bond acceptors (Lipinski definition) is 4. The van der Waals surface area contributed by atoms with Gasteiger partial charge < -0.3 is 4.72 Å². The number of fused-ring (bicyclic) bond motifs is 1. The molecule has 1 aliphatic heterocycles. The second kappa shape index (κ2) is 3.64. The summed E-state index contributed by atoms with van der Waals surface area (Å²) in [4.78, 5) is 5.66. The van der Waals surface area contributed by atoms with Crippen LogP contribution in [0.2, 0.25) is 0 Å². The average Bonchev–Trinajstić information content (AvgIpc) is 2.17. The SMILES string of the molecule is CSC1=Nc2ccc(C)cc2SN1. The highest BCUT2D eigenvalue weighted by atomic mass is 32.2. The zero-order chi connectivity index (χ0) is 9.26. The van der Waals surface area contributed by atoms with Crippen molar-refractivity contribution in [3.8, 4) is 0 Å². The molecule has 1 aromatic rings. The first kappa shape index (κ1) is 8.97. The van der Waals surface area contributed by atoms with E-state index in [1.165, 1.54) is 10.5 Å². The highest BCUT2D eigenvalue weighted by Crippen LogP contribution is 2.33. The molecule has 1 N–H and O–H groups in total. The minimum absolute atomic E-state index is 0.973. The van der Waals surface area contributed by atoms with Gasteiger partial charge in [0.15, 0.2) is 5.17 Å². The van der Waals surface area contributed by atoms with E-state index in [4.69, 9.17) is 0 Å². The predicted octanol–water partition coefficient (Wildman–Crippen LogP) is 2.96. The van der Waals surface area contributed by atoms with E-state index < -0.39 is 0 Å². The van der Waals surface area contributed by atoms with Gasteiger partial charge in [-0.2, -0.15) is 0 Å². The van der Waals surface area contributed by atoms with Crippen molar-refractivity contribution in [1.82, 2.24) is 4.72 Å². The van der Waals surface area contributed by atoms with Gasteiger partial charge in [-0.15, -0.1) is 0 Å². The molecule has 0 atom stereocenters. The minimum atomic E-state index is 0.973. The Morgan fingerprint density at radius 3 is 3.08 bits per heavy atom. The molecule has 1 aromatic carbocycles. The summed E-state index contributed by atoms with van der Waals surface area (Å²) in [5, 5.41) is 0.973. The van der Waals surface area contributed by atoms with Crippen LogP contribution in [0.25, 0.3) is 0 Å². The molecule has 0 radical (unpaired) electrons. The molecule has 0 saturated heterocycles. The highest BCUT2D eigenvalue weighted by Gasteiger charge is 2.10. The summed E-state index contributed by atoms with van der Waals surface area (Å²) in [6, 6.07) is 6.30. The largest absolute Gasteiger partial charge is 0.305 e. The fourth-order valence-corrected chi connectivity index (χ4v) is 2.47. The van der Waals surface area contributed by atoms with Crippen molar-refractivity contribution in [3.63, 3.8) is 0 Å². The zero-order valence-corrected chi connectivity index (χ0v) is 9.13. The molecular formula is C9H10N2S2. The van der Waals surface area contributed by atoms with Gasteiger partial charge >= 0.3 is 0 Å². The molecule has 0 fully saturated rings. The standard InChI is InChI=1S/C9H10N2S2/c1-6-3-4-7-8(5-6)13-11-9(10-7)12-2/h3-5H,1-2H3,(H,10,11). The smallest absolute Gasteiger partial charge is 0.171 e. The molecule has 1 heterocycles. The molecule has 0 aliphatic carbocycles. The molecule has 0 saturated carbocycles. The summed E-state index contributed by atoms with van der Waals surface area (Å²) < 4.78 is 3.18. The van der Waals surface area contributed by atoms with Crippen LogP contribution in [0, 0.1) is 6.92 Å². The Kier molecular flexibility index (Phi) is 2.51. The van der Waals surface area contributed by atoms with Crippen molar-refractivity contribution in [2.24, 2.45) is 4.99 Å². The van der Waals surface area contributed by atoms with Crippen LogP contribution >= 0.6 is 23.7 Å². The molecule has 68 valence electrons. The molecule has 0 amide bonds. The zero-order valence-electron chi connectivity index (χ0n) is 7.50. The van der Waals surface area contributed by atoms with E-state index in [9.17, 15) is 0 Å². The summed E-state index contributed by atoms with van der Waals surface area (Å²) in [5.74, 6) is 0. The number of aliphatic imine (C=N–C) groups is 1. The van der Waals surface area contributed by atoms with Crippen molar-refractivity contribution >= 4 is 34.6 Å². The molecular weight excluding hydrogens is 200 g/mol. The number of nitrogens with zero attached hydrogens (tertiary/aromatic N) is 1. The molecule has 0 unspecified atom stereocenters. The van der Waals surface area contributed by atoms with E-state index >= 15 is 0 Å². The second-order valence-electron chi connectivity index (χ2n) is 2.80. The van der Waals surface area contributed by atoms with Crippen LogP contribution in [0.5, 0.6) is 0 Å². The summed E-state index contributed by atoms with van der Waals surface area (Å²) >= 11 is 3.27. The molecule has 0 bridgehead atoms. The van der Waals surface area contributed by atoms with Crippen LogP contribution in [0.3, 0.4) is 0 Å². The van der Waals surface area contributed by atoms with Gasteiger partial charge in [-0.1, -0.05) is 17.8 Å². The van der Waals surface area contributed by atoms with Gasteiger partial charge in [0.05, 0.1) is 10.6 Å². The van der Waals surface area contributed by atoms with Gasteiger partial charge in [0, 0.05) is 0 Å². The summed E-state index contributed by atoms with van der Waals surface area (Å²) in [6.07, 6.45) is 2.02. The first-order valence-corrected chi connectivity index (χ1v) is 6.00. The monoisotopic (exact) mass is 210 g/mol. The first-order chi connectivity index (χ1) is 6.29. The normalized spacial score (nSPS) is 14.5. The topological polar surface area (TPSA) is 24.4 Å². The quantitative estimate of drug-likeness (QED) is 0.666. The molecule has 13 heavy (non-hydrogen) atoms. The van der Waals surface area contributed by atoms with Crippen LogP contribution in [0.4, 0.5) is 5.69 Å². The maximum Gasteiger partial charge on any atom is 0.171 e. The predicted molar refractivity (Wildman–Crippen MR) is 60.8 cm³/mol. The van der Waals surface area contributed by atoms with E-state index in [2.05, 4.69) is 34.8 Å². The third-order valence-electron chi connectivity index (χ3n) is 1.78. The van der Waals surface area contributed by atoms with Gasteiger partial charge in [0.1, 0.15) is 0 Å². The maximum atomic E-state index is 4.45. The van der Waals surface area contributed by atoms with E-state index in [0.29, 0.717) is 0 Å². The molecule has 1 aliphatic rings. The van der Waals surface area contributed by atoms with E-state index in [1.807, 2.05) is 6.26 Å². The van der Waals surface area contributed by atoms with Gasteiger partial charge in [-0.05, 0) is 42.8 Å². The summed E-state index contributed by atoms with van der Waals surface area (Å²) in [7, 11) is 0. The fraction of sp³-hybridized carbons (Fsp3) is 0.222. The Morgan fingerprint density at radius 1 is 1.46 bits per heavy atom. The Labute approximate surface area is 86.3 Å². The molecule has 0 aromatic heterocycles. The Morgan fingerprint density at radius 2 is 2.31 bits per heavy atom. The van der Waals surface area contributed by atoms with Gasteiger partial charge in [0.2, 0.25) is 0 Å². The van der Waals surface area contributed by atoms with E-state index in [-0.39, 0.29) is 0 Å². The maximum absolute atomic E-state index is 4.45. The van der Waals surface area contributed by atoms with Crippen LogP contribution in [0.1, 0.15) is 5.56 Å². The van der Waals surface area contributed by atoms with Crippen molar-refractivity contribution < 1.29 is 0 Å². The van der Waals surface area contributed by atoms with Crippen molar-refractivity contribution in [3.05, 3.63) is 23.8 Å². The van der Waals surface area contributed by atoms with Crippen LogP contribution in [-0.4, -0.2) is 11.4 Å². The number of rotatable bonds is 0. The Hall–Kier alpha value is -0.610. The van der Waals surface area contributed by atoms with E-state index in [0.717, 1.165) is 10.9 Å². The van der Waals surface area contributed by atoms with Gasteiger partial charge in [-0.25, -0.2) is 4.99 Å². The summed E-state index contributed by atoms with van der Waals surface area (Å²) in [5.41, 5.74) is 2.34. The second-order valence-corrected chi connectivity index (χ2v) is 4.44. The van der Waals surface area contributed by atoms with Crippen molar-refractivity contribution in [2.75, 3.05) is 6.26 Å². The number of amidine groups is 1. The lowest BCUT2D eigenvalue weighted by molar-refractivity contribution is 1.28. The lowest BCUT2D eigenvalue weighted by Gasteiger charge is -2.14. The lowest BCUT2D eigenvalue weighted by atomic mass is 10.2. The Bertz CT molecular complexity index is 361. The number of aryl methyl sites for hydroxylation is 1. The lowest BCUT2D eigenvalue weighted by Crippen LogP contribution is -2.13. The third kappa shape index (κ3) is 1.84. The summed E-state index contributed by atoms with van der Waals surface area (Å²) in [6.45, 7) is 2.09. The Balaban J connectivity index is 2.42.